The van der Waals surface area contributed by atoms with E-state index in [0.29, 0.717) is 28.5 Å². The molecule has 0 radical (unpaired) electrons. The van der Waals surface area contributed by atoms with Gasteiger partial charge < -0.3 is 14.0 Å². The Labute approximate surface area is 142 Å². The molecule has 0 fully saturated rings. The molecule has 0 atom stereocenters. The predicted molar refractivity (Wildman–Crippen MR) is 94.5 cm³/mol. The smallest absolute Gasteiger partial charge is 0.170 e. The molecule has 0 amide bonds. The van der Waals surface area contributed by atoms with Crippen molar-refractivity contribution in [3.8, 4) is 5.75 Å². The van der Waals surface area contributed by atoms with Crippen LogP contribution < -0.4 is 10.2 Å². The normalized spacial score (nSPS) is 13.8. The van der Waals surface area contributed by atoms with Gasteiger partial charge in [0, 0.05) is 25.4 Å². The second-order valence-electron chi connectivity index (χ2n) is 4.73. The number of rotatable bonds is 6. The highest BCUT2D eigenvalue weighted by atomic mass is 16.5. The van der Waals surface area contributed by atoms with Gasteiger partial charge in [0.1, 0.15) is 11.5 Å². The number of hydrogen-bond donors (Lipinski definition) is 0. The van der Waals surface area contributed by atoms with Crippen LogP contribution in [0.25, 0.3) is 0 Å². The SMILES string of the molecule is C=C(/C=C(\C=C/C)OC)N=N/C(C)=N/N=c1\cc(OC)ccn1C. The zero-order valence-corrected chi connectivity index (χ0v) is 14.7. The number of amidine groups is 1. The van der Waals surface area contributed by atoms with E-state index in [4.69, 9.17) is 9.47 Å². The first-order chi connectivity index (χ1) is 11.5. The second kappa shape index (κ2) is 9.94. The van der Waals surface area contributed by atoms with Gasteiger partial charge in [-0.15, -0.1) is 20.4 Å². The highest BCUT2D eigenvalue weighted by Gasteiger charge is 1.94. The van der Waals surface area contributed by atoms with Crippen LogP contribution >= 0.6 is 0 Å². The zero-order chi connectivity index (χ0) is 17.9. The van der Waals surface area contributed by atoms with Gasteiger partial charge in [0.15, 0.2) is 11.3 Å². The minimum atomic E-state index is 0.400. The monoisotopic (exact) mass is 329 g/mol. The highest BCUT2D eigenvalue weighted by Crippen LogP contribution is 2.06. The number of aryl methyl sites for hydroxylation is 1. The van der Waals surface area contributed by atoms with Gasteiger partial charge >= 0.3 is 0 Å². The van der Waals surface area contributed by atoms with E-state index in [1.54, 1.807) is 39.4 Å². The standard InChI is InChI=1S/C17H23N5O2/c1-7-8-15(23-5)11-13(2)18-19-14(3)20-21-17-12-16(24-6)9-10-22(17)4/h7-12H,2H2,1,3-6H3/b8-7-,15-11+,19-18?,20-14+,21-17+. The number of aromatic nitrogens is 1. The van der Waals surface area contributed by atoms with Crippen molar-refractivity contribution in [1.29, 1.82) is 0 Å². The Morgan fingerprint density at radius 3 is 2.67 bits per heavy atom. The van der Waals surface area contributed by atoms with E-state index in [-0.39, 0.29) is 0 Å². The molecule has 0 aliphatic carbocycles. The summed E-state index contributed by atoms with van der Waals surface area (Å²) in [7, 11) is 5.05. The first kappa shape index (κ1) is 19.1. The van der Waals surface area contributed by atoms with Gasteiger partial charge in [-0.2, -0.15) is 0 Å². The van der Waals surface area contributed by atoms with Crippen molar-refractivity contribution in [2.45, 2.75) is 13.8 Å². The zero-order valence-electron chi connectivity index (χ0n) is 14.7. The topological polar surface area (TPSA) is 72.8 Å². The Bertz CT molecular complexity index is 754. The van der Waals surface area contributed by atoms with E-state index < -0.39 is 0 Å². The van der Waals surface area contributed by atoms with Crippen molar-refractivity contribution in [3.63, 3.8) is 0 Å². The highest BCUT2D eigenvalue weighted by molar-refractivity contribution is 5.79. The first-order valence-electron chi connectivity index (χ1n) is 7.28. The van der Waals surface area contributed by atoms with E-state index >= 15 is 0 Å². The molecule has 0 aliphatic rings. The third-order valence-corrected chi connectivity index (χ3v) is 2.83. The number of nitrogens with zero attached hydrogens (tertiary/aromatic N) is 5. The van der Waals surface area contributed by atoms with Crippen LogP contribution in [0.15, 0.2) is 75.0 Å². The third kappa shape index (κ3) is 6.43. The lowest BCUT2D eigenvalue weighted by Gasteiger charge is -2.01. The summed E-state index contributed by atoms with van der Waals surface area (Å²) in [5, 5.41) is 16.1. The van der Waals surface area contributed by atoms with Crippen LogP contribution in [-0.2, 0) is 11.8 Å². The molecule has 1 rings (SSSR count). The summed E-state index contributed by atoms with van der Waals surface area (Å²) >= 11 is 0. The van der Waals surface area contributed by atoms with Gasteiger partial charge in [-0.1, -0.05) is 12.7 Å². The summed E-state index contributed by atoms with van der Waals surface area (Å²) in [6.07, 6.45) is 7.18. The molecular weight excluding hydrogens is 306 g/mol. The van der Waals surface area contributed by atoms with Crippen LogP contribution in [-0.4, -0.2) is 24.6 Å². The number of azo groups is 1. The first-order valence-corrected chi connectivity index (χ1v) is 7.28. The summed E-state index contributed by atoms with van der Waals surface area (Å²) in [5.41, 5.74) is 1.09. The quantitative estimate of drug-likeness (QED) is 0.200. The van der Waals surface area contributed by atoms with Gasteiger partial charge in [-0.3, -0.25) is 0 Å². The van der Waals surface area contributed by atoms with Crippen molar-refractivity contribution >= 4 is 5.84 Å². The van der Waals surface area contributed by atoms with Crippen molar-refractivity contribution in [3.05, 3.63) is 60.1 Å². The maximum absolute atomic E-state index is 5.16. The Hall–Kier alpha value is -2.96. The van der Waals surface area contributed by atoms with Gasteiger partial charge in [-0.05, 0) is 26.0 Å². The van der Waals surface area contributed by atoms with Gasteiger partial charge in [-0.25, -0.2) is 0 Å². The minimum absolute atomic E-state index is 0.400. The number of allylic oxidation sites excluding steroid dienone is 3. The molecule has 0 N–H and O–H groups in total. The average molecular weight is 329 g/mol. The molecule has 128 valence electrons. The van der Waals surface area contributed by atoms with Gasteiger partial charge in [0.25, 0.3) is 0 Å². The lowest BCUT2D eigenvalue weighted by atomic mass is 10.3. The van der Waals surface area contributed by atoms with Crippen molar-refractivity contribution < 1.29 is 9.47 Å². The Balaban J connectivity index is 2.91. The Morgan fingerprint density at radius 2 is 2.04 bits per heavy atom. The van der Waals surface area contributed by atoms with E-state index in [1.165, 1.54) is 0 Å². The summed E-state index contributed by atoms with van der Waals surface area (Å²) in [6, 6.07) is 3.61. The summed E-state index contributed by atoms with van der Waals surface area (Å²) in [4.78, 5) is 0. The molecule has 1 aromatic rings. The molecule has 0 unspecified atom stereocenters. The molecule has 1 heterocycles. The fraction of sp³-hybridized carbons (Fsp3) is 0.294. The van der Waals surface area contributed by atoms with Crippen molar-refractivity contribution in [1.82, 2.24) is 4.57 Å². The summed E-state index contributed by atoms with van der Waals surface area (Å²) in [5.74, 6) is 1.75. The van der Waals surface area contributed by atoms with E-state index in [1.807, 2.05) is 36.9 Å². The number of ether oxygens (including phenoxy) is 2. The van der Waals surface area contributed by atoms with Gasteiger partial charge in [0.2, 0.25) is 0 Å². The Morgan fingerprint density at radius 1 is 1.29 bits per heavy atom. The van der Waals surface area contributed by atoms with Crippen molar-refractivity contribution in [2.24, 2.45) is 27.5 Å². The Kier molecular flexibility index (Phi) is 7.90. The van der Waals surface area contributed by atoms with Crippen LogP contribution in [0.3, 0.4) is 0 Å². The molecule has 0 aliphatic heterocycles. The van der Waals surface area contributed by atoms with Crippen molar-refractivity contribution in [2.75, 3.05) is 14.2 Å². The molecular formula is C17H23N5O2. The van der Waals surface area contributed by atoms with Crippen LogP contribution in [0.5, 0.6) is 5.75 Å². The number of hydrogen-bond acceptors (Lipinski definition) is 5. The fourth-order valence-electron chi connectivity index (χ4n) is 1.58. The molecule has 0 bridgehead atoms. The van der Waals surface area contributed by atoms with E-state index in [0.717, 1.165) is 0 Å². The molecule has 0 aromatic carbocycles. The van der Waals surface area contributed by atoms with Crippen LogP contribution in [0.1, 0.15) is 13.8 Å². The van der Waals surface area contributed by atoms with E-state index in [2.05, 4.69) is 27.0 Å². The summed E-state index contributed by atoms with van der Waals surface area (Å²) in [6.45, 7) is 7.39. The van der Waals surface area contributed by atoms with Crippen LogP contribution in [0, 0.1) is 0 Å². The lowest BCUT2D eigenvalue weighted by molar-refractivity contribution is 0.306. The second-order valence-corrected chi connectivity index (χ2v) is 4.73. The number of pyridine rings is 1. The van der Waals surface area contributed by atoms with Crippen LogP contribution in [0.4, 0.5) is 0 Å². The lowest BCUT2D eigenvalue weighted by Crippen LogP contribution is -2.16. The van der Waals surface area contributed by atoms with Gasteiger partial charge in [0.05, 0.1) is 19.9 Å². The summed E-state index contributed by atoms with van der Waals surface area (Å²) < 4.78 is 12.1. The molecule has 7 heteroatoms. The number of methoxy groups -OCH3 is 2. The largest absolute Gasteiger partial charge is 0.497 e. The predicted octanol–water partition coefficient (Wildman–Crippen LogP) is 3.34. The molecule has 0 saturated carbocycles. The van der Waals surface area contributed by atoms with E-state index in [9.17, 15) is 0 Å². The third-order valence-electron chi connectivity index (χ3n) is 2.83. The maximum Gasteiger partial charge on any atom is 0.170 e. The fourth-order valence-corrected chi connectivity index (χ4v) is 1.58. The molecule has 1 aromatic heterocycles. The molecule has 0 saturated heterocycles. The molecule has 0 spiro atoms. The molecule has 24 heavy (non-hydrogen) atoms. The maximum atomic E-state index is 5.16. The van der Waals surface area contributed by atoms with Crippen LogP contribution in [0.2, 0.25) is 0 Å². The molecule has 7 nitrogen and oxygen atoms in total. The average Bonchev–Trinajstić information content (AvgIpc) is 2.58. The minimum Gasteiger partial charge on any atom is -0.497 e.